The lowest BCUT2D eigenvalue weighted by Crippen LogP contribution is -2.45. The van der Waals surface area contributed by atoms with Gasteiger partial charge in [0.05, 0.1) is 6.61 Å². The number of halogens is 2. The molecular weight excluding hydrogens is 573 g/mol. The Bertz CT molecular complexity index is 1370. The van der Waals surface area contributed by atoms with Gasteiger partial charge in [-0.25, -0.2) is 4.39 Å². The Morgan fingerprint density at radius 1 is 0.925 bits per heavy atom. The molecule has 0 aromatic heterocycles. The maximum absolute atomic E-state index is 14.4. The number of nitrogens with zero attached hydrogens (tertiary/aromatic N) is 1. The molecule has 5 nitrogen and oxygen atoms in total. The average molecular weight is 611 g/mol. The largest absolute Gasteiger partial charge is 0.488 e. The molecule has 0 saturated heterocycles. The highest BCUT2D eigenvalue weighted by atomic mass is 79.9. The summed E-state index contributed by atoms with van der Waals surface area (Å²) in [6.45, 7) is 9.59. The second kappa shape index (κ2) is 10.9. The van der Waals surface area contributed by atoms with Crippen molar-refractivity contribution < 1.29 is 23.5 Å². The van der Waals surface area contributed by atoms with E-state index < -0.39 is 5.92 Å². The first-order valence-corrected chi connectivity index (χ1v) is 14.6. The number of methoxy groups -OCH3 is 1. The number of rotatable bonds is 7. The molecule has 0 unspecified atom stereocenters. The lowest BCUT2D eigenvalue weighted by Gasteiger charge is -2.49. The molecule has 0 amide bonds. The fourth-order valence-corrected chi connectivity index (χ4v) is 6.84. The second-order valence-electron chi connectivity index (χ2n) is 12.7. The highest BCUT2D eigenvalue weighted by Gasteiger charge is 2.49. The topological polar surface area (TPSA) is 55.8 Å². The molecule has 212 valence electrons. The Kier molecular flexibility index (Phi) is 7.83. The summed E-state index contributed by atoms with van der Waals surface area (Å²) in [5, 5.41) is 0. The third-order valence-electron chi connectivity index (χ3n) is 8.16. The van der Waals surface area contributed by atoms with E-state index in [0.717, 1.165) is 34.3 Å². The Hall–Kier alpha value is -2.77. The van der Waals surface area contributed by atoms with E-state index >= 15 is 0 Å². The van der Waals surface area contributed by atoms with E-state index in [1.54, 1.807) is 25.3 Å². The molecule has 2 aromatic carbocycles. The SMILES string of the molecule is COCCN1C2=C(C(=O)CC(C)(C)C2)C(c2cc(Br)ccc2OCc2ccccc2F)C2=C1CC(C)(C)CC2=O. The van der Waals surface area contributed by atoms with Crippen LogP contribution in [0.2, 0.25) is 0 Å². The van der Waals surface area contributed by atoms with Crippen molar-refractivity contribution in [2.24, 2.45) is 10.8 Å². The van der Waals surface area contributed by atoms with Crippen LogP contribution in [0.15, 0.2) is 69.5 Å². The summed E-state index contributed by atoms with van der Waals surface area (Å²) in [5.74, 6) is -0.234. The normalized spacial score (nSPS) is 20.5. The number of ketones is 2. The zero-order valence-corrected chi connectivity index (χ0v) is 25.5. The minimum absolute atomic E-state index is 0.0355. The van der Waals surface area contributed by atoms with E-state index in [1.165, 1.54) is 6.07 Å². The van der Waals surface area contributed by atoms with Gasteiger partial charge < -0.3 is 14.4 Å². The summed E-state index contributed by atoms with van der Waals surface area (Å²) in [6, 6.07) is 12.2. The predicted molar refractivity (Wildman–Crippen MR) is 156 cm³/mol. The summed E-state index contributed by atoms with van der Waals surface area (Å²) in [5.41, 5.74) is 4.08. The molecule has 0 fully saturated rings. The maximum Gasteiger partial charge on any atom is 0.162 e. The lowest BCUT2D eigenvalue weighted by atomic mass is 9.63. The van der Waals surface area contributed by atoms with Crippen LogP contribution in [0.25, 0.3) is 0 Å². The Morgan fingerprint density at radius 2 is 1.52 bits per heavy atom. The third-order valence-corrected chi connectivity index (χ3v) is 8.66. The van der Waals surface area contributed by atoms with Crippen molar-refractivity contribution in [3.05, 3.63) is 86.4 Å². The number of benzene rings is 2. The molecule has 1 heterocycles. The molecule has 0 spiro atoms. The zero-order chi connectivity index (χ0) is 28.8. The number of hydrogen-bond acceptors (Lipinski definition) is 5. The molecule has 0 atom stereocenters. The molecule has 2 aromatic rings. The molecule has 5 rings (SSSR count). The van der Waals surface area contributed by atoms with Crippen molar-refractivity contribution >= 4 is 27.5 Å². The number of carbonyl (C=O) groups excluding carboxylic acids is 2. The summed E-state index contributed by atoms with van der Waals surface area (Å²) < 4.78 is 27.0. The van der Waals surface area contributed by atoms with Gasteiger partial charge in [0.1, 0.15) is 18.2 Å². The Balaban J connectivity index is 1.71. The van der Waals surface area contributed by atoms with Crippen molar-refractivity contribution in [1.29, 1.82) is 0 Å². The molecule has 3 aliphatic rings. The maximum atomic E-state index is 14.4. The van der Waals surface area contributed by atoms with E-state index in [1.807, 2.05) is 18.2 Å². The highest BCUT2D eigenvalue weighted by Crippen LogP contribution is 2.55. The van der Waals surface area contributed by atoms with Crippen molar-refractivity contribution in [3.63, 3.8) is 0 Å². The van der Waals surface area contributed by atoms with E-state index in [9.17, 15) is 14.0 Å². The fraction of sp³-hybridized carbons (Fsp3) is 0.455. The highest BCUT2D eigenvalue weighted by molar-refractivity contribution is 9.10. The van der Waals surface area contributed by atoms with E-state index in [-0.39, 0.29) is 34.8 Å². The van der Waals surface area contributed by atoms with Crippen molar-refractivity contribution in [1.82, 2.24) is 4.90 Å². The fourth-order valence-electron chi connectivity index (χ4n) is 6.46. The molecule has 1 aliphatic heterocycles. The average Bonchev–Trinajstić information content (AvgIpc) is 2.86. The second-order valence-corrected chi connectivity index (χ2v) is 13.7. The van der Waals surface area contributed by atoms with Gasteiger partial charge in [-0.05, 0) is 47.9 Å². The third kappa shape index (κ3) is 5.55. The van der Waals surface area contributed by atoms with Gasteiger partial charge in [-0.3, -0.25) is 9.59 Å². The van der Waals surface area contributed by atoms with Crippen molar-refractivity contribution in [2.45, 2.75) is 65.9 Å². The zero-order valence-electron chi connectivity index (χ0n) is 23.9. The van der Waals surface area contributed by atoms with Gasteiger partial charge in [0.25, 0.3) is 0 Å². The van der Waals surface area contributed by atoms with Gasteiger partial charge in [0.15, 0.2) is 11.6 Å². The van der Waals surface area contributed by atoms with E-state index in [0.29, 0.717) is 48.5 Å². The number of ether oxygens (including phenoxy) is 2. The lowest BCUT2D eigenvalue weighted by molar-refractivity contribution is -0.119. The minimum atomic E-state index is -0.552. The van der Waals surface area contributed by atoms with Gasteiger partial charge >= 0.3 is 0 Å². The van der Waals surface area contributed by atoms with Crippen LogP contribution in [0.1, 0.15) is 70.4 Å². The van der Waals surface area contributed by atoms with Crippen LogP contribution >= 0.6 is 15.9 Å². The number of carbonyl (C=O) groups is 2. The standard InChI is InChI=1S/C33H37BrFNO4/c1-32(2)15-24-30(26(37)17-32)29(31-25(36(24)12-13-39-5)16-33(3,4)18-27(31)38)22-14-21(34)10-11-28(22)40-19-20-8-6-7-9-23(20)35/h6-11,14,29H,12-13,15-19H2,1-5H3. The number of allylic oxidation sites excluding steroid dienone is 4. The van der Waals surface area contributed by atoms with Gasteiger partial charge in [0.2, 0.25) is 0 Å². The van der Waals surface area contributed by atoms with Crippen LogP contribution in [0.4, 0.5) is 4.39 Å². The Labute approximate surface area is 244 Å². The van der Waals surface area contributed by atoms with Crippen LogP contribution in [0, 0.1) is 16.6 Å². The van der Waals surface area contributed by atoms with Crippen LogP contribution in [-0.4, -0.2) is 36.7 Å². The molecule has 7 heteroatoms. The summed E-state index contributed by atoms with van der Waals surface area (Å²) in [4.78, 5) is 30.3. The van der Waals surface area contributed by atoms with Crippen molar-refractivity contribution in [2.75, 3.05) is 20.3 Å². The molecule has 0 saturated carbocycles. The Morgan fingerprint density at radius 3 is 2.10 bits per heavy atom. The van der Waals surface area contributed by atoms with Crippen LogP contribution in [-0.2, 0) is 20.9 Å². The minimum Gasteiger partial charge on any atom is -0.488 e. The first-order chi connectivity index (χ1) is 18.9. The molecule has 0 bridgehead atoms. The van der Waals surface area contributed by atoms with Crippen molar-refractivity contribution in [3.8, 4) is 5.75 Å². The number of hydrogen-bond donors (Lipinski definition) is 0. The monoisotopic (exact) mass is 609 g/mol. The summed E-state index contributed by atoms with van der Waals surface area (Å²) >= 11 is 3.61. The predicted octanol–water partition coefficient (Wildman–Crippen LogP) is 7.50. The van der Waals surface area contributed by atoms with Crippen LogP contribution in [0.3, 0.4) is 0 Å². The molecule has 2 aliphatic carbocycles. The van der Waals surface area contributed by atoms with Gasteiger partial charge in [0, 0.05) is 70.6 Å². The molecule has 0 N–H and O–H groups in total. The van der Waals surface area contributed by atoms with Gasteiger partial charge in [-0.15, -0.1) is 0 Å². The number of Topliss-reactive ketones (excluding diaryl/α,β-unsaturated/α-hetero) is 2. The van der Waals surface area contributed by atoms with E-state index in [2.05, 4.69) is 48.5 Å². The molecular formula is C33H37BrFNO4. The van der Waals surface area contributed by atoms with E-state index in [4.69, 9.17) is 9.47 Å². The first kappa shape index (κ1) is 28.7. The van der Waals surface area contributed by atoms with Crippen LogP contribution < -0.4 is 4.74 Å². The first-order valence-electron chi connectivity index (χ1n) is 13.9. The molecule has 0 radical (unpaired) electrons. The summed E-state index contributed by atoms with van der Waals surface area (Å²) in [7, 11) is 1.67. The summed E-state index contributed by atoms with van der Waals surface area (Å²) in [6.07, 6.45) is 2.25. The van der Waals surface area contributed by atoms with Gasteiger partial charge in [-0.2, -0.15) is 0 Å². The van der Waals surface area contributed by atoms with Crippen LogP contribution in [0.5, 0.6) is 5.75 Å². The molecule has 40 heavy (non-hydrogen) atoms. The van der Waals surface area contributed by atoms with Gasteiger partial charge in [-0.1, -0.05) is 61.8 Å². The smallest absolute Gasteiger partial charge is 0.162 e. The quantitative estimate of drug-likeness (QED) is 0.325.